The predicted octanol–water partition coefficient (Wildman–Crippen LogP) is 8.19. The molecule has 0 saturated heterocycles. The molecule has 0 aliphatic heterocycles. The summed E-state index contributed by atoms with van der Waals surface area (Å²) in [5.74, 6) is 2.11. The third-order valence-electron chi connectivity index (χ3n) is 8.06. The van der Waals surface area contributed by atoms with Gasteiger partial charge in [-0.05, 0) is 97.7 Å². The summed E-state index contributed by atoms with van der Waals surface area (Å²) in [4.78, 5) is 12.5. The molecule has 180 valence electrons. The molecule has 4 unspecified atom stereocenters. The highest BCUT2D eigenvalue weighted by Gasteiger charge is 2.36. The van der Waals surface area contributed by atoms with Crippen LogP contribution in [0.15, 0.2) is 42.5 Å². The molecule has 4 heteroatoms. The van der Waals surface area contributed by atoms with Crippen LogP contribution in [0.2, 0.25) is 0 Å². The van der Waals surface area contributed by atoms with Crippen LogP contribution < -0.4 is 4.74 Å². The minimum atomic E-state index is -0.587. The second-order valence-electron chi connectivity index (χ2n) is 10.3. The van der Waals surface area contributed by atoms with E-state index >= 15 is 4.39 Å². The van der Waals surface area contributed by atoms with Crippen molar-refractivity contribution in [3.8, 4) is 11.8 Å². The Morgan fingerprint density at radius 1 is 1.00 bits per heavy atom. The van der Waals surface area contributed by atoms with Gasteiger partial charge in [0.05, 0.1) is 17.2 Å². The maximum Gasteiger partial charge on any atom is 0.343 e. The Balaban J connectivity index is 1.32. The maximum atomic E-state index is 15.1. The van der Waals surface area contributed by atoms with E-state index in [9.17, 15) is 4.79 Å². The molecule has 2 fully saturated rings. The van der Waals surface area contributed by atoms with E-state index in [1.165, 1.54) is 63.9 Å². The Labute approximate surface area is 203 Å². The van der Waals surface area contributed by atoms with Crippen LogP contribution in [0.5, 0.6) is 5.75 Å². The maximum absolute atomic E-state index is 15.1. The number of esters is 1. The first kappa shape index (κ1) is 24.5. The molecule has 4 atom stereocenters. The predicted molar refractivity (Wildman–Crippen MR) is 132 cm³/mol. The summed E-state index contributed by atoms with van der Waals surface area (Å²) < 4.78 is 20.4. The van der Waals surface area contributed by atoms with Gasteiger partial charge in [-0.15, -0.1) is 0 Å². The van der Waals surface area contributed by atoms with E-state index in [1.54, 1.807) is 36.4 Å². The SMILES string of the molecule is CCCCCCC1CCC2CC(c3ccc(C(=O)Oc4ccc(C#N)cc4)cc3F)CCC2C1. The lowest BCUT2D eigenvalue weighted by atomic mass is 9.63. The molecule has 2 aliphatic rings. The number of halogens is 1. The molecule has 0 aromatic heterocycles. The summed E-state index contributed by atoms with van der Waals surface area (Å²) in [6, 6.07) is 13.1. The molecule has 0 N–H and O–H groups in total. The summed E-state index contributed by atoms with van der Waals surface area (Å²) in [6.07, 6.45) is 14.1. The molecule has 4 rings (SSSR count). The van der Waals surface area contributed by atoms with Crippen molar-refractivity contribution in [2.45, 2.75) is 83.5 Å². The summed E-state index contributed by atoms with van der Waals surface area (Å²) in [5.41, 5.74) is 1.45. The highest BCUT2D eigenvalue weighted by molar-refractivity contribution is 5.91. The number of benzene rings is 2. The quantitative estimate of drug-likeness (QED) is 0.226. The Morgan fingerprint density at radius 3 is 2.50 bits per heavy atom. The Kier molecular flexibility index (Phi) is 8.38. The first-order valence-electron chi connectivity index (χ1n) is 13.1. The summed E-state index contributed by atoms with van der Waals surface area (Å²) in [6.45, 7) is 2.27. The van der Waals surface area contributed by atoms with E-state index in [4.69, 9.17) is 10.00 Å². The van der Waals surface area contributed by atoms with E-state index < -0.39 is 5.97 Å². The van der Waals surface area contributed by atoms with Gasteiger partial charge < -0.3 is 4.74 Å². The van der Waals surface area contributed by atoms with E-state index in [-0.39, 0.29) is 17.3 Å². The normalized spacial score (nSPS) is 24.1. The standard InChI is InChI=1S/C30H36FNO2/c1-2-3-4-5-6-21-7-10-24-18-25(12-11-23(24)17-21)28-16-13-26(19-29(28)31)30(33)34-27-14-8-22(20-32)9-15-27/h8-9,13-16,19,21,23-25H,2-7,10-12,17-18H2,1H3. The number of nitriles is 1. The van der Waals surface area contributed by atoms with E-state index in [0.29, 0.717) is 17.2 Å². The number of carbonyl (C=O) groups is 1. The molecule has 34 heavy (non-hydrogen) atoms. The molecule has 0 bridgehead atoms. The summed E-state index contributed by atoms with van der Waals surface area (Å²) in [5, 5.41) is 8.88. The number of rotatable bonds is 8. The van der Waals surface area contributed by atoms with Gasteiger partial charge in [0.25, 0.3) is 0 Å². The fourth-order valence-corrected chi connectivity index (χ4v) is 6.14. The number of nitrogens with zero attached hydrogens (tertiary/aromatic N) is 1. The van der Waals surface area contributed by atoms with Crippen LogP contribution in [0, 0.1) is 34.9 Å². The first-order chi connectivity index (χ1) is 16.6. The second-order valence-corrected chi connectivity index (χ2v) is 10.3. The van der Waals surface area contributed by atoms with Crippen LogP contribution in [-0.4, -0.2) is 5.97 Å². The van der Waals surface area contributed by atoms with Gasteiger partial charge in [0.1, 0.15) is 11.6 Å². The molecule has 0 amide bonds. The number of ether oxygens (including phenoxy) is 1. The van der Waals surface area contributed by atoms with Gasteiger partial charge in [-0.1, -0.05) is 51.5 Å². The van der Waals surface area contributed by atoms with Crippen LogP contribution >= 0.6 is 0 Å². The van der Waals surface area contributed by atoms with Crippen LogP contribution in [0.3, 0.4) is 0 Å². The highest BCUT2D eigenvalue weighted by atomic mass is 19.1. The highest BCUT2D eigenvalue weighted by Crippen LogP contribution is 2.48. The van der Waals surface area contributed by atoms with Gasteiger partial charge in [-0.2, -0.15) is 5.26 Å². The van der Waals surface area contributed by atoms with E-state index in [2.05, 4.69) is 6.92 Å². The molecule has 2 aromatic carbocycles. The summed E-state index contributed by atoms with van der Waals surface area (Å²) >= 11 is 0. The zero-order chi connectivity index (χ0) is 23.9. The largest absolute Gasteiger partial charge is 0.423 e. The third-order valence-corrected chi connectivity index (χ3v) is 8.06. The molecule has 0 radical (unpaired) electrons. The van der Waals surface area contributed by atoms with Gasteiger partial charge in [0.15, 0.2) is 0 Å². The lowest BCUT2D eigenvalue weighted by molar-refractivity contribution is 0.0734. The zero-order valence-electron chi connectivity index (χ0n) is 20.3. The molecule has 0 heterocycles. The topological polar surface area (TPSA) is 50.1 Å². The molecule has 2 saturated carbocycles. The van der Waals surface area contributed by atoms with E-state index in [0.717, 1.165) is 30.2 Å². The van der Waals surface area contributed by atoms with Crippen molar-refractivity contribution >= 4 is 5.97 Å². The number of fused-ring (bicyclic) bond motifs is 1. The molecule has 0 spiro atoms. The number of hydrogen-bond acceptors (Lipinski definition) is 3. The van der Waals surface area contributed by atoms with Crippen molar-refractivity contribution < 1.29 is 13.9 Å². The van der Waals surface area contributed by atoms with Crippen molar-refractivity contribution in [2.24, 2.45) is 17.8 Å². The smallest absolute Gasteiger partial charge is 0.343 e. The lowest BCUT2D eigenvalue weighted by Crippen LogP contribution is -2.30. The Hall–Kier alpha value is -2.67. The fourth-order valence-electron chi connectivity index (χ4n) is 6.14. The fraction of sp³-hybridized carbons (Fsp3) is 0.533. The minimum absolute atomic E-state index is 0.211. The number of unbranched alkanes of at least 4 members (excludes halogenated alkanes) is 3. The van der Waals surface area contributed by atoms with Crippen molar-refractivity contribution in [2.75, 3.05) is 0 Å². The Bertz CT molecular complexity index is 1010. The van der Waals surface area contributed by atoms with Gasteiger partial charge >= 0.3 is 5.97 Å². The van der Waals surface area contributed by atoms with Gasteiger partial charge in [0, 0.05) is 0 Å². The molecule has 2 aromatic rings. The third kappa shape index (κ3) is 6.06. The van der Waals surface area contributed by atoms with Gasteiger partial charge in [0.2, 0.25) is 0 Å². The zero-order valence-corrected chi connectivity index (χ0v) is 20.3. The molecular weight excluding hydrogens is 425 g/mol. The second kappa shape index (κ2) is 11.6. The average Bonchev–Trinajstić information content (AvgIpc) is 2.86. The average molecular weight is 462 g/mol. The monoisotopic (exact) mass is 461 g/mol. The van der Waals surface area contributed by atoms with Crippen molar-refractivity contribution in [3.63, 3.8) is 0 Å². The molecule has 3 nitrogen and oxygen atoms in total. The van der Waals surface area contributed by atoms with E-state index in [1.807, 2.05) is 6.07 Å². The van der Waals surface area contributed by atoms with Gasteiger partial charge in [-0.25, -0.2) is 9.18 Å². The number of hydrogen-bond donors (Lipinski definition) is 0. The van der Waals surface area contributed by atoms with Crippen LogP contribution in [0.1, 0.15) is 105 Å². The van der Waals surface area contributed by atoms with Gasteiger partial charge in [-0.3, -0.25) is 0 Å². The minimum Gasteiger partial charge on any atom is -0.423 e. The van der Waals surface area contributed by atoms with Crippen LogP contribution in [-0.2, 0) is 0 Å². The van der Waals surface area contributed by atoms with Crippen molar-refractivity contribution in [1.29, 1.82) is 5.26 Å². The molecular formula is C30H36FNO2. The first-order valence-corrected chi connectivity index (χ1v) is 13.1. The molecule has 2 aliphatic carbocycles. The number of carbonyl (C=O) groups excluding carboxylic acids is 1. The van der Waals surface area contributed by atoms with Crippen LogP contribution in [0.4, 0.5) is 4.39 Å². The summed E-state index contributed by atoms with van der Waals surface area (Å²) in [7, 11) is 0. The van der Waals surface area contributed by atoms with Crippen LogP contribution in [0.25, 0.3) is 0 Å². The Morgan fingerprint density at radius 2 is 1.76 bits per heavy atom. The van der Waals surface area contributed by atoms with Crippen molar-refractivity contribution in [1.82, 2.24) is 0 Å². The lowest BCUT2D eigenvalue weighted by Gasteiger charge is -2.42. The van der Waals surface area contributed by atoms with Crippen molar-refractivity contribution in [3.05, 3.63) is 65.0 Å².